The number of ketones is 2. The number of carbonyl (C=O) groups is 2. The van der Waals surface area contributed by atoms with Crippen LogP contribution < -0.4 is 0 Å². The summed E-state index contributed by atoms with van der Waals surface area (Å²) in [6.07, 6.45) is -0.144. The zero-order valence-electron chi connectivity index (χ0n) is 12.0. The van der Waals surface area contributed by atoms with E-state index in [1.54, 1.807) is 19.9 Å². The van der Waals surface area contributed by atoms with Crippen LogP contribution in [0.15, 0.2) is 42.5 Å². The molecule has 104 valence electrons. The Labute approximate surface area is 118 Å². The molecular formula is C17H18O3. The minimum Gasteiger partial charge on any atom is -0.371 e. The Morgan fingerprint density at radius 1 is 1.05 bits per heavy atom. The second kappa shape index (κ2) is 5.55. The molecule has 0 saturated carbocycles. The first-order valence-electron chi connectivity index (χ1n) is 6.55. The van der Waals surface area contributed by atoms with Gasteiger partial charge in [0.1, 0.15) is 5.60 Å². The van der Waals surface area contributed by atoms with Crippen LogP contribution in [0, 0.1) is 0 Å². The molecule has 0 saturated heterocycles. The number of fused-ring (bicyclic) bond motifs is 1. The molecule has 0 N–H and O–H groups in total. The molecule has 0 radical (unpaired) electrons. The Bertz CT molecular complexity index is 651. The highest BCUT2D eigenvalue weighted by molar-refractivity contribution is 6.15. The number of benzene rings is 2. The van der Waals surface area contributed by atoms with Gasteiger partial charge < -0.3 is 4.74 Å². The maximum atomic E-state index is 12.4. The lowest BCUT2D eigenvalue weighted by Crippen LogP contribution is -2.35. The highest BCUT2D eigenvalue weighted by Gasteiger charge is 2.29. The second-order valence-electron chi connectivity index (χ2n) is 5.26. The summed E-state index contributed by atoms with van der Waals surface area (Å²) >= 11 is 0. The molecule has 0 aliphatic rings. The quantitative estimate of drug-likeness (QED) is 0.617. The van der Waals surface area contributed by atoms with Crippen LogP contribution in [-0.2, 0) is 9.53 Å². The predicted octanol–water partition coefficient (Wildman–Crippen LogP) is 3.41. The Morgan fingerprint density at radius 2 is 1.70 bits per heavy atom. The zero-order chi connectivity index (χ0) is 14.8. The van der Waals surface area contributed by atoms with Gasteiger partial charge in [0.2, 0.25) is 0 Å². The second-order valence-corrected chi connectivity index (χ2v) is 5.26. The molecular weight excluding hydrogens is 252 g/mol. The van der Waals surface area contributed by atoms with Gasteiger partial charge in [-0.1, -0.05) is 42.5 Å². The van der Waals surface area contributed by atoms with E-state index in [2.05, 4.69) is 0 Å². The molecule has 0 unspecified atom stereocenters. The average Bonchev–Trinajstić information content (AvgIpc) is 2.46. The highest BCUT2D eigenvalue weighted by atomic mass is 16.5. The van der Waals surface area contributed by atoms with Crippen LogP contribution in [0.3, 0.4) is 0 Å². The van der Waals surface area contributed by atoms with Gasteiger partial charge in [-0.2, -0.15) is 0 Å². The van der Waals surface area contributed by atoms with E-state index in [9.17, 15) is 9.59 Å². The van der Waals surface area contributed by atoms with Crippen LogP contribution in [0.2, 0.25) is 0 Å². The number of methoxy groups -OCH3 is 1. The summed E-state index contributed by atoms with van der Waals surface area (Å²) in [5.74, 6) is -0.380. The minimum absolute atomic E-state index is 0.144. The van der Waals surface area contributed by atoms with Crippen LogP contribution >= 0.6 is 0 Å². The van der Waals surface area contributed by atoms with Gasteiger partial charge >= 0.3 is 0 Å². The van der Waals surface area contributed by atoms with E-state index in [0.717, 1.165) is 10.8 Å². The molecule has 3 nitrogen and oxygen atoms in total. The van der Waals surface area contributed by atoms with Gasteiger partial charge in [-0.25, -0.2) is 0 Å². The third-order valence-corrected chi connectivity index (χ3v) is 3.59. The van der Waals surface area contributed by atoms with Crippen molar-refractivity contribution in [3.8, 4) is 0 Å². The van der Waals surface area contributed by atoms with Crippen LogP contribution in [0.4, 0.5) is 0 Å². The van der Waals surface area contributed by atoms with Gasteiger partial charge in [-0.3, -0.25) is 9.59 Å². The van der Waals surface area contributed by atoms with Gasteiger partial charge in [0.25, 0.3) is 0 Å². The summed E-state index contributed by atoms with van der Waals surface area (Å²) in [5.41, 5.74) is -0.344. The monoisotopic (exact) mass is 270 g/mol. The maximum absolute atomic E-state index is 12.4. The average molecular weight is 270 g/mol. The van der Waals surface area contributed by atoms with E-state index >= 15 is 0 Å². The Morgan fingerprint density at radius 3 is 2.40 bits per heavy atom. The zero-order valence-corrected chi connectivity index (χ0v) is 12.0. The molecule has 0 fully saturated rings. The molecule has 0 aliphatic carbocycles. The number of hydrogen-bond donors (Lipinski definition) is 0. The van der Waals surface area contributed by atoms with Crippen LogP contribution in [0.1, 0.15) is 30.6 Å². The molecule has 0 amide bonds. The van der Waals surface area contributed by atoms with Gasteiger partial charge in [-0.15, -0.1) is 0 Å². The van der Waals surface area contributed by atoms with E-state index in [-0.39, 0.29) is 18.0 Å². The third-order valence-electron chi connectivity index (χ3n) is 3.59. The molecule has 20 heavy (non-hydrogen) atoms. The Balaban J connectivity index is 2.31. The SMILES string of the molecule is COC(C)(C)C(=O)CC(=O)c1cccc2ccccc12. The number of carbonyl (C=O) groups excluding carboxylic acids is 2. The molecule has 0 atom stereocenters. The van der Waals surface area contributed by atoms with Gasteiger partial charge in [0, 0.05) is 12.7 Å². The summed E-state index contributed by atoms with van der Waals surface area (Å²) in [6, 6.07) is 13.2. The summed E-state index contributed by atoms with van der Waals surface area (Å²) in [4.78, 5) is 24.4. The van der Waals surface area contributed by atoms with Crippen molar-refractivity contribution in [2.45, 2.75) is 25.9 Å². The van der Waals surface area contributed by atoms with Crippen molar-refractivity contribution in [1.82, 2.24) is 0 Å². The van der Waals surface area contributed by atoms with Crippen molar-refractivity contribution in [3.63, 3.8) is 0 Å². The van der Waals surface area contributed by atoms with Gasteiger partial charge in [0.05, 0.1) is 6.42 Å². The predicted molar refractivity (Wildman–Crippen MR) is 79.0 cm³/mol. The molecule has 0 heterocycles. The fraction of sp³-hybridized carbons (Fsp3) is 0.294. The van der Waals surface area contributed by atoms with Crippen molar-refractivity contribution < 1.29 is 14.3 Å². The molecule has 0 aliphatic heterocycles. The molecule has 0 aromatic heterocycles. The summed E-state index contributed by atoms with van der Waals surface area (Å²) in [7, 11) is 1.47. The maximum Gasteiger partial charge on any atom is 0.171 e. The topological polar surface area (TPSA) is 43.4 Å². The van der Waals surface area contributed by atoms with Crippen molar-refractivity contribution in [3.05, 3.63) is 48.0 Å². The molecule has 0 bridgehead atoms. The summed E-state index contributed by atoms with van der Waals surface area (Å²) in [5, 5.41) is 1.87. The number of hydrogen-bond acceptors (Lipinski definition) is 3. The van der Waals surface area contributed by atoms with Crippen molar-refractivity contribution in [2.75, 3.05) is 7.11 Å². The van der Waals surface area contributed by atoms with Crippen molar-refractivity contribution in [2.24, 2.45) is 0 Å². The van der Waals surface area contributed by atoms with E-state index in [1.807, 2.05) is 36.4 Å². The smallest absolute Gasteiger partial charge is 0.171 e. The van der Waals surface area contributed by atoms with Crippen LogP contribution in [0.25, 0.3) is 10.8 Å². The van der Waals surface area contributed by atoms with E-state index in [4.69, 9.17) is 4.74 Å². The van der Waals surface area contributed by atoms with Gasteiger partial charge in [-0.05, 0) is 24.6 Å². The molecule has 2 rings (SSSR count). The van der Waals surface area contributed by atoms with Crippen LogP contribution in [0.5, 0.6) is 0 Å². The Hall–Kier alpha value is -2.00. The van der Waals surface area contributed by atoms with E-state index in [0.29, 0.717) is 5.56 Å². The fourth-order valence-corrected chi connectivity index (χ4v) is 2.04. The first kappa shape index (κ1) is 14.4. The minimum atomic E-state index is -0.930. The summed E-state index contributed by atoms with van der Waals surface area (Å²) in [6.45, 7) is 3.34. The lowest BCUT2D eigenvalue weighted by molar-refractivity contribution is -0.136. The molecule has 0 spiro atoms. The fourth-order valence-electron chi connectivity index (χ4n) is 2.04. The Kier molecular flexibility index (Phi) is 4.00. The third kappa shape index (κ3) is 2.78. The van der Waals surface area contributed by atoms with E-state index in [1.165, 1.54) is 7.11 Å². The van der Waals surface area contributed by atoms with Crippen molar-refractivity contribution in [1.29, 1.82) is 0 Å². The molecule has 2 aromatic rings. The molecule has 2 aromatic carbocycles. The molecule has 3 heteroatoms. The van der Waals surface area contributed by atoms with Gasteiger partial charge in [0.15, 0.2) is 11.6 Å². The first-order valence-corrected chi connectivity index (χ1v) is 6.55. The summed E-state index contributed by atoms with van der Waals surface area (Å²) < 4.78 is 5.12. The number of ether oxygens (including phenoxy) is 1. The number of rotatable bonds is 5. The largest absolute Gasteiger partial charge is 0.371 e. The standard InChI is InChI=1S/C17H18O3/c1-17(2,20-3)16(19)11-15(18)14-10-6-8-12-7-4-5-9-13(12)14/h4-10H,11H2,1-3H3. The lowest BCUT2D eigenvalue weighted by Gasteiger charge is -2.20. The van der Waals surface area contributed by atoms with Crippen molar-refractivity contribution >= 4 is 22.3 Å². The highest BCUT2D eigenvalue weighted by Crippen LogP contribution is 2.21. The first-order chi connectivity index (χ1) is 9.45. The lowest BCUT2D eigenvalue weighted by atomic mass is 9.94. The number of Topliss-reactive ketones (excluding diaryl/α,β-unsaturated/α-hetero) is 2. The normalized spacial score (nSPS) is 11.6. The van der Waals surface area contributed by atoms with Crippen LogP contribution in [-0.4, -0.2) is 24.3 Å². The van der Waals surface area contributed by atoms with E-state index < -0.39 is 5.60 Å².